The summed E-state index contributed by atoms with van der Waals surface area (Å²) in [5.41, 5.74) is 0.866. The minimum Gasteiger partial charge on any atom is -0.457 e. The Morgan fingerprint density at radius 1 is 1.11 bits per heavy atom. The third kappa shape index (κ3) is 2.95. The smallest absolute Gasteiger partial charge is 0.280 e. The highest BCUT2D eigenvalue weighted by molar-refractivity contribution is 5.82. The van der Waals surface area contributed by atoms with E-state index >= 15 is 0 Å². The van der Waals surface area contributed by atoms with Gasteiger partial charge in [-0.2, -0.15) is 0 Å². The molecule has 2 rings (SSSR count). The lowest BCUT2D eigenvalue weighted by atomic mass is 10.2. The van der Waals surface area contributed by atoms with Crippen LogP contribution in [0, 0.1) is 17.0 Å². The summed E-state index contributed by atoms with van der Waals surface area (Å²) in [6.45, 7) is 1.96. The zero-order valence-corrected chi connectivity index (χ0v) is 10.2. The van der Waals surface area contributed by atoms with Crippen molar-refractivity contribution in [2.24, 2.45) is 0 Å². The van der Waals surface area contributed by atoms with Crippen molar-refractivity contribution >= 4 is 12.0 Å². The van der Waals surface area contributed by atoms with Gasteiger partial charge in [0.15, 0.2) is 6.29 Å². The largest absolute Gasteiger partial charge is 0.457 e. The molecule has 0 amide bonds. The fraction of sp³-hybridized carbons (Fsp3) is 0.0714. The molecule has 0 heterocycles. The lowest BCUT2D eigenvalue weighted by Gasteiger charge is -2.06. The number of hydrogen-bond donors (Lipinski definition) is 0. The minimum absolute atomic E-state index is 0.00499. The molecule has 5 nitrogen and oxygen atoms in total. The van der Waals surface area contributed by atoms with Crippen LogP contribution in [0.3, 0.4) is 0 Å². The summed E-state index contributed by atoms with van der Waals surface area (Å²) >= 11 is 0. The highest BCUT2D eigenvalue weighted by Crippen LogP contribution is 2.26. The Morgan fingerprint density at radius 3 is 2.32 bits per heavy atom. The third-order valence-corrected chi connectivity index (χ3v) is 2.58. The van der Waals surface area contributed by atoms with Gasteiger partial charge in [-0.05, 0) is 31.2 Å². The molecule has 0 N–H and O–H groups in total. The Kier molecular flexibility index (Phi) is 3.56. The molecule has 5 heteroatoms. The van der Waals surface area contributed by atoms with Gasteiger partial charge in [0.2, 0.25) is 0 Å². The van der Waals surface area contributed by atoms with Gasteiger partial charge in [-0.3, -0.25) is 14.9 Å². The maximum absolute atomic E-state index is 10.8. The van der Waals surface area contributed by atoms with Crippen molar-refractivity contribution in [1.29, 1.82) is 0 Å². The Morgan fingerprint density at radius 2 is 1.74 bits per heavy atom. The molecular formula is C14H11NO4. The van der Waals surface area contributed by atoms with Gasteiger partial charge in [0.1, 0.15) is 11.5 Å². The van der Waals surface area contributed by atoms with E-state index in [1.165, 1.54) is 18.2 Å². The van der Waals surface area contributed by atoms with Gasteiger partial charge < -0.3 is 4.74 Å². The molecule has 0 aromatic heterocycles. The van der Waals surface area contributed by atoms with Gasteiger partial charge >= 0.3 is 0 Å². The average Bonchev–Trinajstić information content (AvgIpc) is 2.41. The first-order chi connectivity index (χ1) is 9.10. The second-order valence-electron chi connectivity index (χ2n) is 4.01. The van der Waals surface area contributed by atoms with Crippen LogP contribution in [0.1, 0.15) is 15.9 Å². The fourth-order valence-corrected chi connectivity index (χ4v) is 1.60. The average molecular weight is 257 g/mol. The van der Waals surface area contributed by atoms with Crippen molar-refractivity contribution in [2.45, 2.75) is 6.92 Å². The number of aryl methyl sites for hydroxylation is 1. The molecule has 0 saturated heterocycles. The Balaban J connectivity index is 2.29. The molecule has 0 unspecified atom stereocenters. The molecule has 0 aliphatic carbocycles. The van der Waals surface area contributed by atoms with Crippen LogP contribution in [-0.4, -0.2) is 11.2 Å². The monoisotopic (exact) mass is 257 g/mol. The summed E-state index contributed by atoms with van der Waals surface area (Å²) in [6.07, 6.45) is 0.445. The molecule has 0 aliphatic rings. The van der Waals surface area contributed by atoms with E-state index < -0.39 is 4.92 Å². The predicted molar refractivity (Wildman–Crippen MR) is 69.7 cm³/mol. The van der Waals surface area contributed by atoms with Crippen LogP contribution < -0.4 is 4.74 Å². The number of aldehydes is 1. The Bertz CT molecular complexity index is 620. The summed E-state index contributed by atoms with van der Waals surface area (Å²) in [7, 11) is 0. The van der Waals surface area contributed by atoms with Crippen LogP contribution in [-0.2, 0) is 0 Å². The number of benzene rings is 2. The maximum atomic E-state index is 10.8. The van der Waals surface area contributed by atoms with Gasteiger partial charge in [-0.25, -0.2) is 0 Å². The molecule has 0 spiro atoms. The quantitative estimate of drug-likeness (QED) is 0.477. The normalized spacial score (nSPS) is 9.95. The molecule has 0 atom stereocenters. The van der Waals surface area contributed by atoms with E-state index in [1.54, 1.807) is 12.1 Å². The maximum Gasteiger partial charge on any atom is 0.280 e. The summed E-state index contributed by atoms with van der Waals surface area (Å²) in [4.78, 5) is 20.9. The predicted octanol–water partition coefficient (Wildman–Crippen LogP) is 3.51. The number of nitro groups is 1. The van der Waals surface area contributed by atoms with E-state index in [2.05, 4.69) is 0 Å². The topological polar surface area (TPSA) is 69.4 Å². The number of carbonyl (C=O) groups is 1. The van der Waals surface area contributed by atoms with Gasteiger partial charge in [-0.15, -0.1) is 0 Å². The first-order valence-corrected chi connectivity index (χ1v) is 5.58. The second-order valence-corrected chi connectivity index (χ2v) is 4.01. The number of hydrogen-bond acceptors (Lipinski definition) is 4. The lowest BCUT2D eigenvalue weighted by Crippen LogP contribution is -1.95. The number of carbonyl (C=O) groups excluding carboxylic acids is 1. The van der Waals surface area contributed by atoms with Gasteiger partial charge in [0, 0.05) is 6.07 Å². The molecule has 0 radical (unpaired) electrons. The van der Waals surface area contributed by atoms with Crippen LogP contribution in [0.5, 0.6) is 11.5 Å². The zero-order valence-electron chi connectivity index (χ0n) is 10.2. The highest BCUT2D eigenvalue weighted by atomic mass is 16.6. The SMILES string of the molecule is Cc1ccc(Oc2ccc([N+](=O)[O-])c(C=O)c2)cc1. The summed E-state index contributed by atoms with van der Waals surface area (Å²) in [6, 6.07) is 11.4. The summed E-state index contributed by atoms with van der Waals surface area (Å²) in [5.74, 6) is 0.993. The van der Waals surface area contributed by atoms with Crippen molar-refractivity contribution in [3.8, 4) is 11.5 Å². The number of nitro benzene ring substituents is 1. The van der Waals surface area contributed by atoms with Crippen molar-refractivity contribution in [3.05, 3.63) is 63.7 Å². The molecule has 0 saturated carbocycles. The zero-order chi connectivity index (χ0) is 13.8. The Labute approximate surface area is 109 Å². The number of ether oxygens (including phenoxy) is 1. The second kappa shape index (κ2) is 5.30. The summed E-state index contributed by atoms with van der Waals surface area (Å²) in [5, 5.41) is 10.7. The van der Waals surface area contributed by atoms with Crippen LogP contribution >= 0.6 is 0 Å². The molecule has 2 aromatic rings. The minimum atomic E-state index is -0.598. The summed E-state index contributed by atoms with van der Waals surface area (Å²) < 4.78 is 5.53. The van der Waals surface area contributed by atoms with E-state index in [0.717, 1.165) is 5.56 Å². The van der Waals surface area contributed by atoms with Crippen molar-refractivity contribution in [2.75, 3.05) is 0 Å². The molecule has 19 heavy (non-hydrogen) atoms. The van der Waals surface area contributed by atoms with Crippen LogP contribution in [0.2, 0.25) is 0 Å². The van der Waals surface area contributed by atoms with E-state index in [9.17, 15) is 14.9 Å². The van der Waals surface area contributed by atoms with E-state index in [0.29, 0.717) is 17.8 Å². The van der Waals surface area contributed by atoms with Crippen molar-refractivity contribution in [3.63, 3.8) is 0 Å². The lowest BCUT2D eigenvalue weighted by molar-refractivity contribution is -0.385. The van der Waals surface area contributed by atoms with E-state index in [-0.39, 0.29) is 11.3 Å². The highest BCUT2D eigenvalue weighted by Gasteiger charge is 2.14. The fourth-order valence-electron chi connectivity index (χ4n) is 1.60. The molecule has 96 valence electrons. The first kappa shape index (κ1) is 12.8. The third-order valence-electron chi connectivity index (χ3n) is 2.58. The standard InChI is InChI=1S/C14H11NO4/c1-10-2-4-12(5-3-10)19-13-6-7-14(15(17)18)11(8-13)9-16/h2-9H,1H3. The molecule has 0 bridgehead atoms. The van der Waals surface area contributed by atoms with E-state index in [1.807, 2.05) is 19.1 Å². The van der Waals surface area contributed by atoms with Crippen LogP contribution in [0.4, 0.5) is 5.69 Å². The molecule has 0 aliphatic heterocycles. The van der Waals surface area contributed by atoms with Gasteiger partial charge in [0.05, 0.1) is 10.5 Å². The molecule has 0 fully saturated rings. The van der Waals surface area contributed by atoms with Crippen LogP contribution in [0.25, 0.3) is 0 Å². The molecular weight excluding hydrogens is 246 g/mol. The number of rotatable bonds is 4. The van der Waals surface area contributed by atoms with Crippen molar-refractivity contribution in [1.82, 2.24) is 0 Å². The van der Waals surface area contributed by atoms with Crippen LogP contribution in [0.15, 0.2) is 42.5 Å². The van der Waals surface area contributed by atoms with E-state index in [4.69, 9.17) is 4.74 Å². The van der Waals surface area contributed by atoms with Crippen molar-refractivity contribution < 1.29 is 14.5 Å². The molecule has 2 aromatic carbocycles. The Hall–Kier alpha value is -2.69. The number of nitrogens with zero attached hydrogens (tertiary/aromatic N) is 1. The first-order valence-electron chi connectivity index (χ1n) is 5.58. The van der Waals surface area contributed by atoms with Gasteiger partial charge in [-0.1, -0.05) is 17.7 Å². The van der Waals surface area contributed by atoms with Gasteiger partial charge in [0.25, 0.3) is 5.69 Å².